The van der Waals surface area contributed by atoms with Crippen molar-refractivity contribution in [2.45, 2.75) is 0 Å². The number of rotatable bonds is 3. The summed E-state index contributed by atoms with van der Waals surface area (Å²) in [6.07, 6.45) is 1.50. The molecule has 0 spiro atoms. The number of benzene rings is 2. The Kier molecular flexibility index (Phi) is 4.31. The molecule has 0 saturated heterocycles. The van der Waals surface area contributed by atoms with Crippen molar-refractivity contribution in [3.63, 3.8) is 0 Å². The fraction of sp³-hybridized carbons (Fsp3) is 0.111. The Balaban J connectivity index is 1.98. The van der Waals surface area contributed by atoms with E-state index in [-0.39, 0.29) is 11.4 Å². The highest BCUT2D eigenvalue weighted by molar-refractivity contribution is 6.32. The minimum atomic E-state index is -0.334. The number of fused-ring (bicyclic) bond motifs is 1. The van der Waals surface area contributed by atoms with Crippen LogP contribution in [0.1, 0.15) is 15.9 Å². The molecule has 0 N–H and O–H groups in total. The topological polar surface area (TPSA) is 59.3 Å². The second-order valence-electron chi connectivity index (χ2n) is 4.89. The fourth-order valence-corrected chi connectivity index (χ4v) is 2.55. The average molecular weight is 326 g/mol. The van der Waals surface area contributed by atoms with Crippen molar-refractivity contribution in [3.8, 4) is 17.6 Å². The zero-order valence-electron chi connectivity index (χ0n) is 12.1. The normalized spacial score (nSPS) is 13.3. The number of hydrogen-bond acceptors (Lipinski definition) is 4. The van der Waals surface area contributed by atoms with Crippen molar-refractivity contribution in [1.82, 2.24) is 0 Å². The summed E-state index contributed by atoms with van der Waals surface area (Å²) < 4.78 is 10.9. The Hall–Kier alpha value is -2.77. The monoisotopic (exact) mass is 325 g/mol. The molecule has 1 aliphatic heterocycles. The largest absolute Gasteiger partial charge is 0.486 e. The number of nitrogens with zero attached hydrogens (tertiary/aromatic N) is 1. The molecule has 3 rings (SSSR count). The van der Waals surface area contributed by atoms with Crippen LogP contribution in [-0.4, -0.2) is 19.0 Å². The highest BCUT2D eigenvalue weighted by Crippen LogP contribution is 2.38. The maximum absolute atomic E-state index is 12.4. The van der Waals surface area contributed by atoms with E-state index >= 15 is 0 Å². The molecule has 114 valence electrons. The van der Waals surface area contributed by atoms with Gasteiger partial charge in [-0.05, 0) is 23.8 Å². The van der Waals surface area contributed by atoms with Crippen LogP contribution in [0.3, 0.4) is 0 Å². The quantitative estimate of drug-likeness (QED) is 0.488. The SMILES string of the molecule is N#C/C(=C\c1cc(Cl)c2c(c1)OCCO2)C(=O)c1ccccc1. The zero-order valence-corrected chi connectivity index (χ0v) is 12.8. The van der Waals surface area contributed by atoms with Crippen LogP contribution in [0.2, 0.25) is 5.02 Å². The summed E-state index contributed by atoms with van der Waals surface area (Å²) >= 11 is 6.17. The van der Waals surface area contributed by atoms with E-state index in [1.54, 1.807) is 36.4 Å². The van der Waals surface area contributed by atoms with Crippen molar-refractivity contribution in [2.75, 3.05) is 13.2 Å². The highest BCUT2D eigenvalue weighted by atomic mass is 35.5. The Labute approximate surface area is 138 Å². The van der Waals surface area contributed by atoms with Gasteiger partial charge in [0, 0.05) is 5.56 Å². The number of halogens is 1. The van der Waals surface area contributed by atoms with E-state index in [0.29, 0.717) is 40.9 Å². The van der Waals surface area contributed by atoms with E-state index in [4.69, 9.17) is 21.1 Å². The molecule has 0 saturated carbocycles. The lowest BCUT2D eigenvalue weighted by atomic mass is 10.0. The van der Waals surface area contributed by atoms with Crippen LogP contribution in [0.25, 0.3) is 6.08 Å². The summed E-state index contributed by atoms with van der Waals surface area (Å²) in [6, 6.07) is 14.0. The van der Waals surface area contributed by atoms with Gasteiger partial charge in [0.05, 0.1) is 5.02 Å². The molecule has 0 atom stereocenters. The molecule has 0 bridgehead atoms. The molecule has 1 heterocycles. The van der Waals surface area contributed by atoms with Gasteiger partial charge in [0.25, 0.3) is 0 Å². The van der Waals surface area contributed by atoms with E-state index in [0.717, 1.165) is 0 Å². The van der Waals surface area contributed by atoms with Crippen LogP contribution in [0.15, 0.2) is 48.0 Å². The Morgan fingerprint density at radius 3 is 2.65 bits per heavy atom. The van der Waals surface area contributed by atoms with Crippen LogP contribution < -0.4 is 9.47 Å². The number of carbonyl (C=O) groups is 1. The summed E-state index contributed by atoms with van der Waals surface area (Å²) in [5, 5.41) is 9.69. The third-order valence-corrected chi connectivity index (χ3v) is 3.61. The molecule has 0 aromatic heterocycles. The van der Waals surface area contributed by atoms with Crippen LogP contribution in [0, 0.1) is 11.3 Å². The number of carbonyl (C=O) groups excluding carboxylic acids is 1. The van der Waals surface area contributed by atoms with Gasteiger partial charge in [-0.2, -0.15) is 5.26 Å². The number of hydrogen-bond donors (Lipinski definition) is 0. The molecule has 2 aromatic rings. The van der Waals surface area contributed by atoms with E-state index in [1.165, 1.54) is 6.08 Å². The maximum Gasteiger partial charge on any atom is 0.203 e. The van der Waals surface area contributed by atoms with Crippen LogP contribution in [0.4, 0.5) is 0 Å². The van der Waals surface area contributed by atoms with Crippen molar-refractivity contribution in [2.24, 2.45) is 0 Å². The van der Waals surface area contributed by atoms with Gasteiger partial charge in [0.2, 0.25) is 5.78 Å². The zero-order chi connectivity index (χ0) is 16.2. The van der Waals surface area contributed by atoms with Gasteiger partial charge < -0.3 is 9.47 Å². The number of allylic oxidation sites excluding steroid dienone is 1. The second-order valence-corrected chi connectivity index (χ2v) is 5.30. The Morgan fingerprint density at radius 1 is 1.17 bits per heavy atom. The predicted octanol–water partition coefficient (Wildman–Crippen LogP) is 3.90. The minimum absolute atomic E-state index is 0.0314. The first-order valence-electron chi connectivity index (χ1n) is 7.00. The summed E-state index contributed by atoms with van der Waals surface area (Å²) in [6.45, 7) is 0.877. The van der Waals surface area contributed by atoms with Gasteiger partial charge >= 0.3 is 0 Å². The van der Waals surface area contributed by atoms with Crippen molar-refractivity contribution in [3.05, 3.63) is 64.2 Å². The Bertz CT molecular complexity index is 822. The average Bonchev–Trinajstić information content (AvgIpc) is 2.60. The molecular weight excluding hydrogens is 314 g/mol. The molecule has 2 aromatic carbocycles. The molecule has 0 amide bonds. The van der Waals surface area contributed by atoms with Crippen LogP contribution >= 0.6 is 11.6 Å². The number of nitriles is 1. The van der Waals surface area contributed by atoms with Gasteiger partial charge in [0.1, 0.15) is 24.9 Å². The van der Waals surface area contributed by atoms with Crippen molar-refractivity contribution in [1.29, 1.82) is 5.26 Å². The molecule has 0 aliphatic carbocycles. The van der Waals surface area contributed by atoms with Gasteiger partial charge in [-0.15, -0.1) is 0 Å². The van der Waals surface area contributed by atoms with E-state index < -0.39 is 0 Å². The maximum atomic E-state index is 12.4. The minimum Gasteiger partial charge on any atom is -0.486 e. The highest BCUT2D eigenvalue weighted by Gasteiger charge is 2.17. The smallest absolute Gasteiger partial charge is 0.203 e. The lowest BCUT2D eigenvalue weighted by Gasteiger charge is -2.19. The van der Waals surface area contributed by atoms with Crippen molar-refractivity contribution >= 4 is 23.5 Å². The first kappa shape index (κ1) is 15.1. The summed E-state index contributed by atoms with van der Waals surface area (Å²) in [5.74, 6) is 0.668. The van der Waals surface area contributed by atoms with Gasteiger partial charge in [-0.25, -0.2) is 0 Å². The molecule has 0 fully saturated rings. The van der Waals surface area contributed by atoms with E-state index in [9.17, 15) is 10.1 Å². The molecule has 1 aliphatic rings. The van der Waals surface area contributed by atoms with Gasteiger partial charge in [0.15, 0.2) is 11.5 Å². The standard InChI is InChI=1S/C18H12ClNO3/c19-15-9-12(10-16-18(15)23-7-6-22-16)8-14(11-20)17(21)13-4-2-1-3-5-13/h1-5,8-10H,6-7H2/b14-8+. The third-order valence-electron chi connectivity index (χ3n) is 3.33. The fourth-order valence-electron chi connectivity index (χ4n) is 2.27. The summed E-state index contributed by atoms with van der Waals surface area (Å²) in [5.41, 5.74) is 1.10. The van der Waals surface area contributed by atoms with Crippen LogP contribution in [0.5, 0.6) is 11.5 Å². The molecule has 23 heavy (non-hydrogen) atoms. The lowest BCUT2D eigenvalue weighted by molar-refractivity contribution is 0.104. The summed E-state index contributed by atoms with van der Waals surface area (Å²) in [7, 11) is 0. The van der Waals surface area contributed by atoms with Gasteiger partial charge in [-0.1, -0.05) is 41.9 Å². The lowest BCUT2D eigenvalue weighted by Crippen LogP contribution is -2.15. The predicted molar refractivity (Wildman–Crippen MR) is 86.8 cm³/mol. The summed E-state index contributed by atoms with van der Waals surface area (Å²) in [4.78, 5) is 12.4. The second kappa shape index (κ2) is 6.55. The molecule has 0 radical (unpaired) electrons. The molecule has 5 heteroatoms. The first-order valence-corrected chi connectivity index (χ1v) is 7.37. The number of ether oxygens (including phenoxy) is 2. The van der Waals surface area contributed by atoms with Crippen LogP contribution in [-0.2, 0) is 0 Å². The van der Waals surface area contributed by atoms with E-state index in [1.807, 2.05) is 12.1 Å². The Morgan fingerprint density at radius 2 is 1.91 bits per heavy atom. The number of Topliss-reactive ketones (excluding diaryl/α,β-unsaturated/α-hetero) is 1. The van der Waals surface area contributed by atoms with E-state index in [2.05, 4.69) is 0 Å². The molecule has 4 nitrogen and oxygen atoms in total. The third kappa shape index (κ3) is 3.20. The molecule has 0 unspecified atom stereocenters. The van der Waals surface area contributed by atoms with Crippen molar-refractivity contribution < 1.29 is 14.3 Å². The molecular formula is C18H12ClNO3. The van der Waals surface area contributed by atoms with Gasteiger partial charge in [-0.3, -0.25) is 4.79 Å². The first-order chi connectivity index (χ1) is 11.2. The number of ketones is 1.